The van der Waals surface area contributed by atoms with Crippen LogP contribution in [-0.2, 0) is 13.2 Å². The van der Waals surface area contributed by atoms with Gasteiger partial charge in [0.25, 0.3) is 0 Å². The van der Waals surface area contributed by atoms with Crippen LogP contribution in [0.4, 0.5) is 4.39 Å². The largest absolute Gasteiger partial charge is 0.392 e. The van der Waals surface area contributed by atoms with Crippen molar-refractivity contribution in [2.24, 2.45) is 5.92 Å². The van der Waals surface area contributed by atoms with E-state index in [1.54, 1.807) is 12.1 Å². The fraction of sp³-hybridized carbons (Fsp3) is 0.600. The second-order valence-corrected chi connectivity index (χ2v) is 5.34. The number of aliphatic hydroxyl groups is 1. The van der Waals surface area contributed by atoms with Crippen molar-refractivity contribution in [3.8, 4) is 0 Å². The minimum absolute atomic E-state index is 0.247. The van der Waals surface area contributed by atoms with Crippen molar-refractivity contribution in [1.29, 1.82) is 0 Å². The van der Waals surface area contributed by atoms with Gasteiger partial charge in [0.1, 0.15) is 5.82 Å². The smallest absolute Gasteiger partial charge is 0.128 e. The summed E-state index contributed by atoms with van der Waals surface area (Å²) in [5, 5.41) is 12.4. The highest BCUT2D eigenvalue weighted by Crippen LogP contribution is 2.11. The summed E-state index contributed by atoms with van der Waals surface area (Å²) in [7, 11) is 0. The number of benzene rings is 1. The van der Waals surface area contributed by atoms with Gasteiger partial charge in [0.15, 0.2) is 0 Å². The zero-order chi connectivity index (χ0) is 13.5. The fourth-order valence-corrected chi connectivity index (χ4v) is 1.84. The lowest BCUT2D eigenvalue weighted by molar-refractivity contribution is 0.275. The highest BCUT2D eigenvalue weighted by atomic mass is 19.1. The number of aliphatic hydroxyl groups excluding tert-OH is 1. The molecule has 0 saturated heterocycles. The molecule has 0 spiro atoms. The molecule has 2 nitrogen and oxygen atoms in total. The molecule has 3 heteroatoms. The first-order chi connectivity index (χ1) is 8.52. The van der Waals surface area contributed by atoms with E-state index in [1.165, 1.54) is 12.5 Å². The Morgan fingerprint density at radius 3 is 2.56 bits per heavy atom. The van der Waals surface area contributed by atoms with Gasteiger partial charge in [0, 0.05) is 18.2 Å². The van der Waals surface area contributed by atoms with Crippen molar-refractivity contribution in [1.82, 2.24) is 5.32 Å². The molecule has 0 radical (unpaired) electrons. The topological polar surface area (TPSA) is 32.3 Å². The van der Waals surface area contributed by atoms with Crippen molar-refractivity contribution in [2.75, 3.05) is 0 Å². The second-order valence-electron chi connectivity index (χ2n) is 5.34. The molecule has 1 aromatic rings. The van der Waals surface area contributed by atoms with Crippen molar-refractivity contribution in [2.45, 2.75) is 52.8 Å². The summed E-state index contributed by atoms with van der Waals surface area (Å²) in [5.41, 5.74) is 1.38. The SMILES string of the molecule is CC(C)CCC(C)NCc1ccc(F)c(CO)c1. The summed E-state index contributed by atoms with van der Waals surface area (Å²) in [4.78, 5) is 0. The van der Waals surface area contributed by atoms with Crippen LogP contribution in [0.2, 0.25) is 0 Å². The van der Waals surface area contributed by atoms with Crippen molar-refractivity contribution >= 4 is 0 Å². The Balaban J connectivity index is 2.43. The third kappa shape index (κ3) is 5.15. The number of halogens is 1. The van der Waals surface area contributed by atoms with E-state index >= 15 is 0 Å². The summed E-state index contributed by atoms with van der Waals surface area (Å²) in [6.07, 6.45) is 2.35. The molecule has 0 heterocycles. The molecule has 1 aromatic carbocycles. The number of rotatable bonds is 7. The maximum atomic E-state index is 13.2. The van der Waals surface area contributed by atoms with E-state index in [9.17, 15) is 4.39 Å². The lowest BCUT2D eigenvalue weighted by Crippen LogP contribution is -2.25. The van der Waals surface area contributed by atoms with Crippen LogP contribution in [-0.4, -0.2) is 11.1 Å². The molecule has 18 heavy (non-hydrogen) atoms. The van der Waals surface area contributed by atoms with Gasteiger partial charge in [-0.05, 0) is 43.4 Å². The van der Waals surface area contributed by atoms with Gasteiger partial charge in [-0.25, -0.2) is 4.39 Å². The van der Waals surface area contributed by atoms with Crippen LogP contribution in [0.5, 0.6) is 0 Å². The molecular weight excluding hydrogens is 229 g/mol. The summed E-state index contributed by atoms with van der Waals surface area (Å²) < 4.78 is 13.2. The van der Waals surface area contributed by atoms with Crippen LogP contribution in [0, 0.1) is 11.7 Å². The Kier molecular flexibility index (Phi) is 6.30. The van der Waals surface area contributed by atoms with Crippen LogP contribution < -0.4 is 5.32 Å². The molecule has 0 amide bonds. The quantitative estimate of drug-likeness (QED) is 0.782. The summed E-state index contributed by atoms with van der Waals surface area (Å²) in [6.45, 7) is 7.08. The van der Waals surface area contributed by atoms with Gasteiger partial charge in [-0.2, -0.15) is 0 Å². The molecule has 0 bridgehead atoms. The predicted molar refractivity (Wildman–Crippen MR) is 72.7 cm³/mol. The van der Waals surface area contributed by atoms with Crippen LogP contribution in [0.25, 0.3) is 0 Å². The second kappa shape index (κ2) is 7.49. The zero-order valence-electron chi connectivity index (χ0n) is 11.5. The Morgan fingerprint density at radius 2 is 1.94 bits per heavy atom. The van der Waals surface area contributed by atoms with Gasteiger partial charge in [-0.1, -0.05) is 19.9 Å². The molecule has 1 rings (SSSR count). The first-order valence-corrected chi connectivity index (χ1v) is 6.64. The molecule has 0 saturated carbocycles. The Hall–Kier alpha value is -0.930. The van der Waals surface area contributed by atoms with Crippen LogP contribution >= 0.6 is 0 Å². The number of nitrogens with one attached hydrogen (secondary N) is 1. The van der Waals surface area contributed by atoms with Gasteiger partial charge in [-0.15, -0.1) is 0 Å². The molecule has 102 valence electrons. The van der Waals surface area contributed by atoms with E-state index in [-0.39, 0.29) is 12.4 Å². The third-order valence-corrected chi connectivity index (χ3v) is 3.11. The van der Waals surface area contributed by atoms with E-state index in [4.69, 9.17) is 5.11 Å². The maximum Gasteiger partial charge on any atom is 0.128 e. The van der Waals surface area contributed by atoms with E-state index < -0.39 is 0 Å². The minimum atomic E-state index is -0.339. The molecule has 0 fully saturated rings. The van der Waals surface area contributed by atoms with Gasteiger partial charge >= 0.3 is 0 Å². The highest BCUT2D eigenvalue weighted by Gasteiger charge is 2.05. The lowest BCUT2D eigenvalue weighted by atomic mass is 10.0. The van der Waals surface area contributed by atoms with Crippen molar-refractivity contribution < 1.29 is 9.50 Å². The van der Waals surface area contributed by atoms with Gasteiger partial charge in [-0.3, -0.25) is 0 Å². The first kappa shape index (κ1) is 15.1. The summed E-state index contributed by atoms with van der Waals surface area (Å²) >= 11 is 0. The predicted octanol–water partition coefficient (Wildman–Crippen LogP) is 3.23. The molecule has 0 aliphatic heterocycles. The Morgan fingerprint density at radius 1 is 1.22 bits per heavy atom. The minimum Gasteiger partial charge on any atom is -0.392 e. The zero-order valence-corrected chi connectivity index (χ0v) is 11.5. The molecule has 1 atom stereocenters. The van der Waals surface area contributed by atoms with Gasteiger partial charge in [0.2, 0.25) is 0 Å². The Bertz CT molecular complexity index is 366. The molecule has 0 aliphatic carbocycles. The molecular formula is C15H24FNO. The van der Waals surface area contributed by atoms with E-state index in [1.807, 2.05) is 0 Å². The van der Waals surface area contributed by atoms with Crippen LogP contribution in [0.3, 0.4) is 0 Å². The van der Waals surface area contributed by atoms with E-state index in [2.05, 4.69) is 26.1 Å². The van der Waals surface area contributed by atoms with Crippen LogP contribution in [0.15, 0.2) is 18.2 Å². The third-order valence-electron chi connectivity index (χ3n) is 3.11. The fourth-order valence-electron chi connectivity index (χ4n) is 1.84. The average Bonchev–Trinajstić information content (AvgIpc) is 2.35. The Labute approximate surface area is 109 Å². The standard InChI is InChI=1S/C15H24FNO/c1-11(2)4-5-12(3)17-9-13-6-7-15(16)14(8-13)10-18/h6-8,11-12,17-18H,4-5,9-10H2,1-3H3. The van der Waals surface area contributed by atoms with E-state index in [0.717, 1.165) is 17.9 Å². The molecule has 2 N–H and O–H groups in total. The molecule has 0 aliphatic rings. The number of hydrogen-bond donors (Lipinski definition) is 2. The van der Waals surface area contributed by atoms with Crippen molar-refractivity contribution in [3.05, 3.63) is 35.1 Å². The highest BCUT2D eigenvalue weighted by molar-refractivity contribution is 5.24. The van der Waals surface area contributed by atoms with Gasteiger partial charge in [0.05, 0.1) is 6.61 Å². The monoisotopic (exact) mass is 253 g/mol. The van der Waals surface area contributed by atoms with Gasteiger partial charge < -0.3 is 10.4 Å². The maximum absolute atomic E-state index is 13.2. The number of hydrogen-bond acceptors (Lipinski definition) is 2. The molecule has 1 unspecified atom stereocenters. The lowest BCUT2D eigenvalue weighted by Gasteiger charge is -2.15. The molecule has 0 aromatic heterocycles. The van der Waals surface area contributed by atoms with Crippen molar-refractivity contribution in [3.63, 3.8) is 0 Å². The van der Waals surface area contributed by atoms with E-state index in [0.29, 0.717) is 18.2 Å². The normalized spacial score (nSPS) is 13.0. The average molecular weight is 253 g/mol. The first-order valence-electron chi connectivity index (χ1n) is 6.64. The summed E-state index contributed by atoms with van der Waals surface area (Å²) in [6, 6.07) is 5.35. The summed E-state index contributed by atoms with van der Waals surface area (Å²) in [5.74, 6) is 0.384. The van der Waals surface area contributed by atoms with Crippen LogP contribution in [0.1, 0.15) is 44.7 Å².